The number of hydrogen-bond donors (Lipinski definition) is 1. The molecule has 0 radical (unpaired) electrons. The number of hydrogen-bond acceptors (Lipinski definition) is 3. The number of imidazole rings is 1. The summed E-state index contributed by atoms with van der Waals surface area (Å²) < 4.78 is 2.20. The second-order valence-electron chi connectivity index (χ2n) is 9.51. The lowest BCUT2D eigenvalue weighted by molar-refractivity contribution is -0.136. The van der Waals surface area contributed by atoms with Crippen LogP contribution in [0.25, 0.3) is 0 Å². The van der Waals surface area contributed by atoms with Crippen LogP contribution in [0.3, 0.4) is 0 Å². The molecule has 1 aliphatic heterocycles. The summed E-state index contributed by atoms with van der Waals surface area (Å²) in [5.74, 6) is 0.867. The smallest absolute Gasteiger partial charge is 0.239 e. The van der Waals surface area contributed by atoms with E-state index in [0.29, 0.717) is 16.9 Å². The van der Waals surface area contributed by atoms with E-state index in [-0.39, 0.29) is 5.91 Å². The minimum atomic E-state index is -0.491. The van der Waals surface area contributed by atoms with Crippen molar-refractivity contribution in [1.82, 2.24) is 14.5 Å². The van der Waals surface area contributed by atoms with Crippen molar-refractivity contribution in [1.29, 1.82) is 0 Å². The highest BCUT2D eigenvalue weighted by molar-refractivity contribution is 6.30. The number of benzene rings is 1. The van der Waals surface area contributed by atoms with Crippen LogP contribution < -0.4 is 5.73 Å². The summed E-state index contributed by atoms with van der Waals surface area (Å²) in [6, 6.07) is 7.13. The first-order valence-electron chi connectivity index (χ1n) is 11.8. The molecule has 5 nitrogen and oxygen atoms in total. The molecular formula is C25H35ClN4O. The fraction of sp³-hybridized carbons (Fsp3) is 0.600. The van der Waals surface area contributed by atoms with E-state index in [0.717, 1.165) is 44.0 Å². The zero-order valence-corrected chi connectivity index (χ0v) is 19.1. The van der Waals surface area contributed by atoms with Crippen molar-refractivity contribution in [2.75, 3.05) is 13.1 Å². The minimum Gasteiger partial charge on any atom is -0.341 e. The summed E-state index contributed by atoms with van der Waals surface area (Å²) in [4.78, 5) is 19.3. The average molecular weight is 443 g/mol. The predicted octanol–water partition coefficient (Wildman–Crippen LogP) is 4.69. The molecule has 1 unspecified atom stereocenters. The summed E-state index contributed by atoms with van der Waals surface area (Å²) in [5.41, 5.74) is 7.71. The zero-order valence-electron chi connectivity index (χ0n) is 18.4. The predicted molar refractivity (Wildman–Crippen MR) is 125 cm³/mol. The lowest BCUT2D eigenvalue weighted by Crippen LogP contribution is -2.51. The van der Waals surface area contributed by atoms with Crippen LogP contribution in [0.4, 0.5) is 0 Å². The van der Waals surface area contributed by atoms with Gasteiger partial charge in [0.05, 0.1) is 12.4 Å². The highest BCUT2D eigenvalue weighted by Crippen LogP contribution is 2.48. The number of aromatic nitrogens is 2. The van der Waals surface area contributed by atoms with Crippen LogP contribution in [-0.4, -0.2) is 39.5 Å². The Hall–Kier alpha value is -1.85. The molecule has 0 spiro atoms. The normalized spacial score (nSPS) is 20.5. The first kappa shape index (κ1) is 22.3. The van der Waals surface area contributed by atoms with Gasteiger partial charge in [0, 0.05) is 37.1 Å². The first-order valence-corrected chi connectivity index (χ1v) is 12.2. The Balaban J connectivity index is 1.37. The molecule has 168 valence electrons. The molecule has 2 aliphatic rings. The molecule has 4 rings (SSSR count). The third-order valence-electron chi connectivity index (χ3n) is 7.66. The van der Waals surface area contributed by atoms with Crippen LogP contribution in [0.1, 0.15) is 56.9 Å². The molecule has 1 amide bonds. The van der Waals surface area contributed by atoms with Crippen LogP contribution in [0.2, 0.25) is 5.02 Å². The maximum absolute atomic E-state index is 13.1. The molecule has 1 saturated heterocycles. The van der Waals surface area contributed by atoms with Crippen molar-refractivity contribution in [3.63, 3.8) is 0 Å². The van der Waals surface area contributed by atoms with E-state index < -0.39 is 6.04 Å². The molecule has 2 heterocycles. The number of carbonyl (C=O) groups excluding carboxylic acids is 1. The van der Waals surface area contributed by atoms with Crippen molar-refractivity contribution < 1.29 is 4.79 Å². The molecule has 1 saturated carbocycles. The van der Waals surface area contributed by atoms with Crippen molar-refractivity contribution in [2.45, 2.75) is 70.4 Å². The van der Waals surface area contributed by atoms with E-state index in [1.165, 1.54) is 38.5 Å². The molecular weight excluding hydrogens is 408 g/mol. The summed E-state index contributed by atoms with van der Waals surface area (Å²) >= 11 is 5.97. The Morgan fingerprint density at radius 1 is 1.16 bits per heavy atom. The van der Waals surface area contributed by atoms with Gasteiger partial charge < -0.3 is 15.2 Å². The Morgan fingerprint density at radius 2 is 1.87 bits per heavy atom. The molecule has 2 N–H and O–H groups in total. The maximum atomic E-state index is 13.1. The molecule has 6 heteroatoms. The molecule has 1 aromatic carbocycles. The van der Waals surface area contributed by atoms with Gasteiger partial charge in [-0.05, 0) is 67.6 Å². The third-order valence-corrected chi connectivity index (χ3v) is 7.91. The highest BCUT2D eigenvalue weighted by Gasteiger charge is 2.42. The standard InChI is InChI=1S/C25H35ClN4O/c26-22-8-6-20(7-9-22)18-23(27)24(31)30-15-11-25(12-16-30,21-4-2-1-3-5-21)10-14-29-17-13-28-19-29/h6-9,13,17,19,21,23H,1-5,10-12,14-16,18,27H2. The fourth-order valence-electron chi connectivity index (χ4n) is 5.72. The number of halogens is 1. The van der Waals surface area contributed by atoms with Gasteiger partial charge >= 0.3 is 0 Å². The van der Waals surface area contributed by atoms with Crippen molar-refractivity contribution in [3.05, 3.63) is 53.6 Å². The lowest BCUT2D eigenvalue weighted by atomic mass is 9.62. The van der Waals surface area contributed by atoms with Crippen LogP contribution in [-0.2, 0) is 17.8 Å². The Morgan fingerprint density at radius 3 is 2.52 bits per heavy atom. The van der Waals surface area contributed by atoms with Crippen molar-refractivity contribution in [3.8, 4) is 0 Å². The molecule has 1 aromatic heterocycles. The van der Waals surface area contributed by atoms with Crippen molar-refractivity contribution >= 4 is 17.5 Å². The number of rotatable bonds is 7. The van der Waals surface area contributed by atoms with E-state index in [2.05, 4.69) is 15.7 Å². The molecule has 31 heavy (non-hydrogen) atoms. The monoisotopic (exact) mass is 442 g/mol. The van der Waals surface area contributed by atoms with Crippen molar-refractivity contribution in [2.24, 2.45) is 17.1 Å². The van der Waals surface area contributed by atoms with E-state index >= 15 is 0 Å². The average Bonchev–Trinajstić information content (AvgIpc) is 3.33. The van der Waals surface area contributed by atoms with Crippen LogP contribution >= 0.6 is 11.6 Å². The van der Waals surface area contributed by atoms with E-state index in [1.807, 2.05) is 41.7 Å². The van der Waals surface area contributed by atoms with Gasteiger partial charge in [-0.15, -0.1) is 0 Å². The Kier molecular flexibility index (Phi) is 7.34. The highest BCUT2D eigenvalue weighted by atomic mass is 35.5. The second kappa shape index (κ2) is 10.2. The number of aryl methyl sites for hydroxylation is 1. The van der Waals surface area contributed by atoms with Gasteiger partial charge in [-0.2, -0.15) is 0 Å². The molecule has 1 aliphatic carbocycles. The van der Waals surface area contributed by atoms with Crippen LogP contribution in [0, 0.1) is 11.3 Å². The second-order valence-corrected chi connectivity index (χ2v) is 9.95. The number of carbonyl (C=O) groups is 1. The minimum absolute atomic E-state index is 0.0850. The molecule has 1 atom stereocenters. The summed E-state index contributed by atoms with van der Waals surface area (Å²) in [5, 5.41) is 0.703. The molecule has 2 aromatic rings. The fourth-order valence-corrected chi connectivity index (χ4v) is 5.84. The topological polar surface area (TPSA) is 64.2 Å². The number of amides is 1. The zero-order chi connectivity index (χ0) is 21.7. The quantitative estimate of drug-likeness (QED) is 0.676. The number of piperidine rings is 1. The summed E-state index contributed by atoms with van der Waals surface area (Å²) in [6.07, 6.45) is 16.5. The van der Waals surface area contributed by atoms with Gasteiger partial charge in [0.25, 0.3) is 0 Å². The maximum Gasteiger partial charge on any atom is 0.239 e. The van der Waals surface area contributed by atoms with Gasteiger partial charge in [-0.25, -0.2) is 4.98 Å². The van der Waals surface area contributed by atoms with Gasteiger partial charge in [-0.1, -0.05) is 43.0 Å². The Labute approximate surface area is 191 Å². The van der Waals surface area contributed by atoms with Crippen LogP contribution in [0.5, 0.6) is 0 Å². The lowest BCUT2D eigenvalue weighted by Gasteiger charge is -2.48. The molecule has 2 fully saturated rings. The number of nitrogens with zero attached hydrogens (tertiary/aromatic N) is 3. The summed E-state index contributed by atoms with van der Waals surface area (Å²) in [6.45, 7) is 2.67. The first-order chi connectivity index (χ1) is 15.1. The van der Waals surface area contributed by atoms with E-state index in [1.54, 1.807) is 0 Å². The van der Waals surface area contributed by atoms with Crippen LogP contribution in [0.15, 0.2) is 43.0 Å². The number of nitrogens with two attached hydrogens (primary N) is 1. The van der Waals surface area contributed by atoms with E-state index in [9.17, 15) is 4.79 Å². The van der Waals surface area contributed by atoms with Gasteiger partial charge in [0.15, 0.2) is 0 Å². The van der Waals surface area contributed by atoms with Gasteiger partial charge in [-0.3, -0.25) is 4.79 Å². The number of likely N-dealkylation sites (tertiary alicyclic amines) is 1. The third kappa shape index (κ3) is 5.50. The Bertz CT molecular complexity index is 822. The largest absolute Gasteiger partial charge is 0.341 e. The molecule has 0 bridgehead atoms. The van der Waals surface area contributed by atoms with Gasteiger partial charge in [0.2, 0.25) is 5.91 Å². The SMILES string of the molecule is NC(Cc1ccc(Cl)cc1)C(=O)N1CCC(CCn2ccnc2)(C2CCCCC2)CC1. The van der Waals surface area contributed by atoms with E-state index in [4.69, 9.17) is 17.3 Å². The summed E-state index contributed by atoms with van der Waals surface area (Å²) in [7, 11) is 0. The van der Waals surface area contributed by atoms with Gasteiger partial charge in [0.1, 0.15) is 0 Å².